The molecular weight excluding hydrogens is 366 g/mol. The van der Waals surface area contributed by atoms with Crippen LogP contribution in [-0.2, 0) is 6.42 Å². The lowest BCUT2D eigenvalue weighted by molar-refractivity contribution is 0.0823. The molecule has 0 amide bonds. The summed E-state index contributed by atoms with van der Waals surface area (Å²) in [6.45, 7) is 1.98. The van der Waals surface area contributed by atoms with Crippen molar-refractivity contribution in [2.75, 3.05) is 40.6 Å². The van der Waals surface area contributed by atoms with Gasteiger partial charge in [-0.15, -0.1) is 0 Å². The van der Waals surface area contributed by atoms with E-state index in [1.807, 2.05) is 42.5 Å². The number of methoxy groups -OCH3 is 2. The molecule has 2 aliphatic heterocycles. The summed E-state index contributed by atoms with van der Waals surface area (Å²) in [5.74, 6) is 1.37. The molecule has 1 unspecified atom stereocenters. The summed E-state index contributed by atoms with van der Waals surface area (Å²) in [4.78, 5) is 4.41. The molecule has 6 heteroatoms. The molecule has 0 aliphatic carbocycles. The Hall–Kier alpha value is -3.01. The maximum atomic E-state index is 10.1. The zero-order chi connectivity index (χ0) is 20.4. The summed E-state index contributed by atoms with van der Waals surface area (Å²) in [5, 5.41) is 20.0. The van der Waals surface area contributed by atoms with Gasteiger partial charge in [0.15, 0.2) is 11.5 Å². The van der Waals surface area contributed by atoms with Gasteiger partial charge in [0.25, 0.3) is 0 Å². The van der Waals surface area contributed by atoms with E-state index < -0.39 is 0 Å². The Bertz CT molecular complexity index is 965. The number of fused-ring (bicyclic) bond motifs is 3. The van der Waals surface area contributed by atoms with Crippen LogP contribution >= 0.6 is 0 Å². The first-order chi connectivity index (χ1) is 14.2. The van der Waals surface area contributed by atoms with Crippen LogP contribution in [0.25, 0.3) is 5.70 Å². The third kappa shape index (κ3) is 3.44. The second kappa shape index (κ2) is 8.16. The van der Waals surface area contributed by atoms with E-state index in [1.165, 1.54) is 0 Å². The Morgan fingerprint density at radius 2 is 1.86 bits per heavy atom. The van der Waals surface area contributed by atoms with Crippen molar-refractivity contribution in [3.63, 3.8) is 0 Å². The van der Waals surface area contributed by atoms with Crippen LogP contribution in [0.5, 0.6) is 11.5 Å². The summed E-state index contributed by atoms with van der Waals surface area (Å²) in [6, 6.07) is 16.2. The molecule has 0 aromatic heterocycles. The summed E-state index contributed by atoms with van der Waals surface area (Å²) < 4.78 is 10.9. The van der Waals surface area contributed by atoms with Crippen molar-refractivity contribution in [3.05, 3.63) is 64.7 Å². The number of aliphatic hydroxyl groups is 1. The Kier molecular flexibility index (Phi) is 5.43. The van der Waals surface area contributed by atoms with E-state index in [1.54, 1.807) is 14.2 Å². The van der Waals surface area contributed by atoms with Gasteiger partial charge in [-0.1, -0.05) is 30.3 Å². The van der Waals surface area contributed by atoms with Gasteiger partial charge < -0.3 is 19.5 Å². The van der Waals surface area contributed by atoms with Crippen molar-refractivity contribution in [1.82, 2.24) is 9.80 Å². The van der Waals surface area contributed by atoms with Gasteiger partial charge >= 0.3 is 0 Å². The zero-order valence-electron chi connectivity index (χ0n) is 16.8. The van der Waals surface area contributed by atoms with Crippen molar-refractivity contribution in [3.8, 4) is 17.6 Å². The largest absolute Gasteiger partial charge is 0.493 e. The van der Waals surface area contributed by atoms with E-state index in [2.05, 4.69) is 15.9 Å². The minimum Gasteiger partial charge on any atom is -0.493 e. The van der Waals surface area contributed by atoms with Crippen LogP contribution in [0.3, 0.4) is 0 Å². The predicted molar refractivity (Wildman–Crippen MR) is 110 cm³/mol. The van der Waals surface area contributed by atoms with E-state index in [9.17, 15) is 10.4 Å². The number of ether oxygens (including phenoxy) is 2. The van der Waals surface area contributed by atoms with Crippen LogP contribution in [-0.4, -0.2) is 55.5 Å². The first kappa shape index (κ1) is 19.3. The average Bonchev–Trinajstić information content (AvgIpc) is 2.78. The molecule has 0 spiro atoms. The van der Waals surface area contributed by atoms with Gasteiger partial charge in [-0.25, -0.2) is 0 Å². The fourth-order valence-electron chi connectivity index (χ4n) is 4.33. The predicted octanol–water partition coefficient (Wildman–Crippen LogP) is 2.80. The molecule has 0 fully saturated rings. The van der Waals surface area contributed by atoms with Crippen LogP contribution < -0.4 is 9.47 Å². The lowest BCUT2D eigenvalue weighted by atomic mass is 9.91. The second-order valence-electron chi connectivity index (χ2n) is 7.31. The van der Waals surface area contributed by atoms with Crippen molar-refractivity contribution in [2.24, 2.45) is 0 Å². The van der Waals surface area contributed by atoms with Crippen LogP contribution in [0.4, 0.5) is 0 Å². The monoisotopic (exact) mass is 391 g/mol. The second-order valence-corrected chi connectivity index (χ2v) is 7.31. The summed E-state index contributed by atoms with van der Waals surface area (Å²) in [5.41, 5.74) is 4.93. The highest BCUT2D eigenvalue weighted by Gasteiger charge is 2.34. The van der Waals surface area contributed by atoms with Gasteiger partial charge in [0.05, 0.1) is 50.9 Å². The minimum atomic E-state index is -0.145. The molecule has 2 aliphatic rings. The molecule has 29 heavy (non-hydrogen) atoms. The van der Waals surface area contributed by atoms with Gasteiger partial charge in [-0.05, 0) is 29.7 Å². The molecule has 6 nitrogen and oxygen atoms in total. The standard InChI is InChI=1S/C23H25N3O3/c1-28-21-10-17-8-9-25-15-26(20(14-27)16-6-4-3-5-7-16)13-18(12-24)23(25)19(17)11-22(21)29-2/h3-7,10-11,20,27H,8-9,13-15H2,1-2H3. The topological polar surface area (TPSA) is 69.0 Å². The maximum Gasteiger partial charge on any atom is 0.161 e. The Labute approximate surface area is 171 Å². The van der Waals surface area contributed by atoms with Crippen molar-refractivity contribution < 1.29 is 14.6 Å². The van der Waals surface area contributed by atoms with Crippen molar-refractivity contribution in [2.45, 2.75) is 12.5 Å². The highest BCUT2D eigenvalue weighted by Crippen LogP contribution is 2.41. The summed E-state index contributed by atoms with van der Waals surface area (Å²) in [7, 11) is 3.26. The molecule has 1 N–H and O–H groups in total. The number of hydrogen-bond acceptors (Lipinski definition) is 6. The van der Waals surface area contributed by atoms with Crippen LogP contribution in [0.15, 0.2) is 48.0 Å². The Morgan fingerprint density at radius 1 is 1.14 bits per heavy atom. The molecule has 0 radical (unpaired) electrons. The Morgan fingerprint density at radius 3 is 2.52 bits per heavy atom. The van der Waals surface area contributed by atoms with Crippen LogP contribution in [0, 0.1) is 11.3 Å². The molecule has 0 saturated heterocycles. The molecule has 4 rings (SSSR count). The number of nitrogens with zero attached hydrogens (tertiary/aromatic N) is 3. The molecule has 2 heterocycles. The number of nitriles is 1. The van der Waals surface area contributed by atoms with Gasteiger partial charge in [-0.3, -0.25) is 4.90 Å². The fraction of sp³-hybridized carbons (Fsp3) is 0.348. The van der Waals surface area contributed by atoms with E-state index in [4.69, 9.17) is 9.47 Å². The maximum absolute atomic E-state index is 10.1. The SMILES string of the molecule is COc1cc2c(cc1OC)C1=C(C#N)CN(C(CO)c3ccccc3)CN1CC2. The van der Waals surface area contributed by atoms with E-state index in [0.717, 1.165) is 35.4 Å². The molecule has 2 aromatic rings. The molecular formula is C23H25N3O3. The van der Waals surface area contributed by atoms with Gasteiger partial charge in [-0.2, -0.15) is 5.26 Å². The number of benzene rings is 2. The fourth-order valence-corrected chi connectivity index (χ4v) is 4.33. The molecule has 150 valence electrons. The summed E-state index contributed by atoms with van der Waals surface area (Å²) >= 11 is 0. The first-order valence-corrected chi connectivity index (χ1v) is 9.73. The number of aliphatic hydroxyl groups excluding tert-OH is 1. The highest BCUT2D eigenvalue weighted by atomic mass is 16.5. The van der Waals surface area contributed by atoms with Crippen LogP contribution in [0.2, 0.25) is 0 Å². The van der Waals surface area contributed by atoms with Gasteiger partial charge in [0, 0.05) is 18.7 Å². The molecule has 0 bridgehead atoms. The number of rotatable bonds is 5. The van der Waals surface area contributed by atoms with Crippen molar-refractivity contribution >= 4 is 5.70 Å². The van der Waals surface area contributed by atoms with E-state index in [0.29, 0.717) is 30.3 Å². The highest BCUT2D eigenvalue weighted by molar-refractivity contribution is 5.77. The van der Waals surface area contributed by atoms with E-state index >= 15 is 0 Å². The molecule has 0 saturated carbocycles. The lowest BCUT2D eigenvalue weighted by Gasteiger charge is -2.44. The lowest BCUT2D eigenvalue weighted by Crippen LogP contribution is -2.47. The third-order valence-electron chi connectivity index (χ3n) is 5.76. The van der Waals surface area contributed by atoms with Gasteiger partial charge in [0.2, 0.25) is 0 Å². The normalized spacial score (nSPS) is 17.2. The third-order valence-corrected chi connectivity index (χ3v) is 5.76. The van der Waals surface area contributed by atoms with Crippen molar-refractivity contribution in [1.29, 1.82) is 5.26 Å². The minimum absolute atomic E-state index is 0.00744. The Balaban J connectivity index is 1.74. The van der Waals surface area contributed by atoms with Crippen LogP contribution in [0.1, 0.15) is 22.7 Å². The number of hydrogen-bond donors (Lipinski definition) is 1. The molecule has 1 atom stereocenters. The quantitative estimate of drug-likeness (QED) is 0.845. The zero-order valence-corrected chi connectivity index (χ0v) is 16.8. The van der Waals surface area contributed by atoms with E-state index in [-0.39, 0.29) is 12.6 Å². The smallest absolute Gasteiger partial charge is 0.161 e. The average molecular weight is 391 g/mol. The molecule has 2 aromatic carbocycles. The first-order valence-electron chi connectivity index (χ1n) is 9.73. The summed E-state index contributed by atoms with van der Waals surface area (Å²) in [6.07, 6.45) is 0.862. The van der Waals surface area contributed by atoms with Gasteiger partial charge in [0.1, 0.15) is 0 Å².